The summed E-state index contributed by atoms with van der Waals surface area (Å²) in [6.45, 7) is 3.69. The van der Waals surface area contributed by atoms with Gasteiger partial charge in [0, 0.05) is 5.56 Å². The normalized spacial score (nSPS) is 8.93. The molecule has 0 heterocycles. The fraction of sp³-hybridized carbons (Fsp3) is 0.100. The van der Waals surface area contributed by atoms with Crippen molar-refractivity contribution in [3.63, 3.8) is 0 Å². The van der Waals surface area contributed by atoms with Crippen LogP contribution >= 0.6 is 0 Å². The third-order valence-electron chi connectivity index (χ3n) is 1.55. The van der Waals surface area contributed by atoms with Crippen molar-refractivity contribution in [1.82, 2.24) is 5.48 Å². The summed E-state index contributed by atoms with van der Waals surface area (Å²) in [5.74, 6) is 0. The molecule has 0 atom stereocenters. The number of rotatable bonds is 3. The van der Waals surface area contributed by atoms with Crippen molar-refractivity contribution in [2.24, 2.45) is 0 Å². The second-order valence-corrected chi connectivity index (χ2v) is 2.50. The molecule has 1 aromatic carbocycles. The van der Waals surface area contributed by atoms with Crippen LogP contribution in [0, 0.1) is 0 Å². The topological polar surface area (TPSA) is 47.6 Å². The van der Waals surface area contributed by atoms with Gasteiger partial charge in [-0.25, -0.2) is 10.3 Å². The highest BCUT2D eigenvalue weighted by atomic mass is 16.8. The Bertz CT molecular complexity index is 321. The van der Waals surface area contributed by atoms with Crippen molar-refractivity contribution in [1.29, 1.82) is 0 Å². The average molecular weight is 193 g/mol. The summed E-state index contributed by atoms with van der Waals surface area (Å²) in [6.07, 6.45) is -0.804. The fourth-order valence-electron chi connectivity index (χ4n) is 0.843. The summed E-state index contributed by atoms with van der Waals surface area (Å²) < 4.78 is 4.27. The van der Waals surface area contributed by atoms with Crippen molar-refractivity contribution in [3.8, 4) is 0 Å². The fourth-order valence-corrected chi connectivity index (χ4v) is 0.843. The van der Waals surface area contributed by atoms with Crippen LogP contribution in [0.2, 0.25) is 0 Å². The molecule has 0 aliphatic rings. The van der Waals surface area contributed by atoms with E-state index >= 15 is 0 Å². The van der Waals surface area contributed by atoms with Crippen LogP contribution in [-0.4, -0.2) is 13.3 Å². The lowest BCUT2D eigenvalue weighted by molar-refractivity contribution is 0.0485. The minimum atomic E-state index is -0.804. The quantitative estimate of drug-likeness (QED) is 0.588. The first-order chi connectivity index (χ1) is 6.74. The van der Waals surface area contributed by atoms with Crippen LogP contribution < -0.4 is 5.48 Å². The summed E-state index contributed by atoms with van der Waals surface area (Å²) in [6, 6.07) is 9.30. The van der Waals surface area contributed by atoms with Crippen LogP contribution in [0.1, 0.15) is 5.56 Å². The van der Waals surface area contributed by atoms with E-state index in [1.165, 1.54) is 7.11 Å². The Morgan fingerprint density at radius 1 is 1.36 bits per heavy atom. The second-order valence-electron chi connectivity index (χ2n) is 2.50. The molecular weight excluding hydrogens is 182 g/mol. The molecule has 0 spiro atoms. The van der Waals surface area contributed by atoms with Crippen molar-refractivity contribution < 1.29 is 14.4 Å². The van der Waals surface area contributed by atoms with Gasteiger partial charge in [-0.1, -0.05) is 36.9 Å². The highest BCUT2D eigenvalue weighted by Gasteiger charge is 2.02. The maximum absolute atomic E-state index is 10.6. The van der Waals surface area contributed by atoms with Gasteiger partial charge in [0.25, 0.3) is 0 Å². The molecule has 14 heavy (non-hydrogen) atoms. The zero-order valence-electron chi connectivity index (χ0n) is 7.82. The Balaban J connectivity index is 2.48. The van der Waals surface area contributed by atoms with E-state index in [-0.39, 0.29) is 0 Å². The molecule has 1 N–H and O–H groups in total. The smallest absolute Gasteiger partial charge is 0.436 e. The molecule has 1 aromatic rings. The molecule has 0 aromatic heterocycles. The van der Waals surface area contributed by atoms with E-state index in [9.17, 15) is 4.79 Å². The highest BCUT2D eigenvalue weighted by molar-refractivity contribution is 5.64. The van der Waals surface area contributed by atoms with Gasteiger partial charge in [0.05, 0.1) is 12.8 Å². The summed E-state index contributed by atoms with van der Waals surface area (Å²) in [7, 11) is 1.23. The number of hydrogen-bond acceptors (Lipinski definition) is 4. The lowest BCUT2D eigenvalue weighted by Crippen LogP contribution is -2.17. The zero-order chi connectivity index (χ0) is 10.4. The summed E-state index contributed by atoms with van der Waals surface area (Å²) >= 11 is 0. The number of methoxy groups -OCH3 is 1. The van der Waals surface area contributed by atoms with Crippen LogP contribution in [0.25, 0.3) is 5.70 Å². The minimum Gasteiger partial charge on any atom is -0.436 e. The molecule has 0 fully saturated rings. The number of carbonyl (C=O) groups excluding carboxylic acids is 1. The van der Waals surface area contributed by atoms with Gasteiger partial charge in [-0.15, -0.1) is 0 Å². The number of nitrogens with one attached hydrogen (secondary N) is 1. The first-order valence-corrected chi connectivity index (χ1v) is 3.99. The molecule has 74 valence electrons. The molecule has 4 nitrogen and oxygen atoms in total. The maximum Gasteiger partial charge on any atom is 0.532 e. The van der Waals surface area contributed by atoms with Crippen molar-refractivity contribution in [3.05, 3.63) is 42.5 Å². The lowest BCUT2D eigenvalue weighted by atomic mass is 10.2. The average Bonchev–Trinajstić information content (AvgIpc) is 2.26. The Kier molecular flexibility index (Phi) is 3.55. The molecule has 0 saturated heterocycles. The SMILES string of the molecule is C=C(NOC(=O)OC)c1ccccc1. The van der Waals surface area contributed by atoms with Crippen LogP contribution in [0.3, 0.4) is 0 Å². The largest absolute Gasteiger partial charge is 0.532 e. The maximum atomic E-state index is 10.6. The second kappa shape index (κ2) is 4.91. The molecule has 0 amide bonds. The van der Waals surface area contributed by atoms with E-state index in [1.54, 1.807) is 0 Å². The van der Waals surface area contributed by atoms with Crippen LogP contribution in [0.5, 0.6) is 0 Å². The van der Waals surface area contributed by atoms with Gasteiger partial charge in [-0.05, 0) is 0 Å². The van der Waals surface area contributed by atoms with Gasteiger partial charge in [0.1, 0.15) is 0 Å². The van der Waals surface area contributed by atoms with Gasteiger partial charge >= 0.3 is 6.16 Å². The molecular formula is C10H11NO3. The first-order valence-electron chi connectivity index (χ1n) is 3.99. The molecule has 0 radical (unpaired) electrons. The lowest BCUT2D eigenvalue weighted by Gasteiger charge is -2.07. The molecule has 0 aliphatic heterocycles. The zero-order valence-corrected chi connectivity index (χ0v) is 7.82. The van der Waals surface area contributed by atoms with Crippen molar-refractivity contribution >= 4 is 11.9 Å². The monoisotopic (exact) mass is 193 g/mol. The summed E-state index contributed by atoms with van der Waals surface area (Å²) in [4.78, 5) is 15.1. The number of hydrogen-bond donors (Lipinski definition) is 1. The van der Waals surface area contributed by atoms with E-state index in [0.717, 1.165) is 5.56 Å². The molecule has 0 saturated carbocycles. The summed E-state index contributed by atoms with van der Waals surface area (Å²) in [5.41, 5.74) is 3.72. The van der Waals surface area contributed by atoms with E-state index in [2.05, 4.69) is 21.6 Å². The number of ether oxygens (including phenoxy) is 1. The van der Waals surface area contributed by atoms with Gasteiger partial charge in [0.15, 0.2) is 0 Å². The van der Waals surface area contributed by atoms with Gasteiger partial charge in [0.2, 0.25) is 0 Å². The Morgan fingerprint density at radius 3 is 2.57 bits per heavy atom. The predicted molar refractivity (Wildman–Crippen MR) is 52.1 cm³/mol. The Labute approximate surface area is 82.1 Å². The van der Waals surface area contributed by atoms with E-state index in [0.29, 0.717) is 5.70 Å². The van der Waals surface area contributed by atoms with E-state index in [1.807, 2.05) is 30.3 Å². The van der Waals surface area contributed by atoms with Crippen LogP contribution in [-0.2, 0) is 9.57 Å². The third kappa shape index (κ3) is 2.82. The third-order valence-corrected chi connectivity index (χ3v) is 1.55. The summed E-state index contributed by atoms with van der Waals surface area (Å²) in [5, 5.41) is 0. The molecule has 0 unspecified atom stereocenters. The van der Waals surface area contributed by atoms with Crippen molar-refractivity contribution in [2.45, 2.75) is 0 Å². The molecule has 4 heteroatoms. The van der Waals surface area contributed by atoms with Crippen LogP contribution in [0.15, 0.2) is 36.9 Å². The molecule has 0 aliphatic carbocycles. The van der Waals surface area contributed by atoms with E-state index < -0.39 is 6.16 Å². The van der Waals surface area contributed by atoms with E-state index in [4.69, 9.17) is 0 Å². The standard InChI is InChI=1S/C10H11NO3/c1-8(11-14-10(12)13-2)9-6-4-3-5-7-9/h3-7,11H,1H2,2H3. The number of benzene rings is 1. The Hall–Kier alpha value is -1.97. The number of carbonyl (C=O) groups is 1. The number of hydroxylamine groups is 1. The predicted octanol–water partition coefficient (Wildman–Crippen LogP) is 1.94. The van der Waals surface area contributed by atoms with Gasteiger partial charge in [-0.3, -0.25) is 0 Å². The highest BCUT2D eigenvalue weighted by Crippen LogP contribution is 2.07. The van der Waals surface area contributed by atoms with Crippen molar-refractivity contribution in [2.75, 3.05) is 7.11 Å². The van der Waals surface area contributed by atoms with Gasteiger partial charge < -0.3 is 9.57 Å². The molecule has 1 rings (SSSR count). The van der Waals surface area contributed by atoms with Gasteiger partial charge in [-0.2, -0.15) is 0 Å². The first kappa shape index (κ1) is 10.1. The van der Waals surface area contributed by atoms with Crippen LogP contribution in [0.4, 0.5) is 4.79 Å². The Morgan fingerprint density at radius 2 is 2.00 bits per heavy atom. The molecule has 0 bridgehead atoms. The minimum absolute atomic E-state index is 0.496.